The average Bonchev–Trinajstić information content (AvgIpc) is 3.48. The van der Waals surface area contributed by atoms with E-state index >= 15 is 0 Å². The molecule has 152 valence electrons. The lowest BCUT2D eigenvalue weighted by atomic mass is 10.3. The van der Waals surface area contributed by atoms with Gasteiger partial charge in [0, 0.05) is 0 Å². The van der Waals surface area contributed by atoms with E-state index in [4.69, 9.17) is 15.0 Å². The Labute approximate surface area is 178 Å². The molecule has 3 aromatic carbocycles. The SMILES string of the molecule is c1ccc2[nH]c(CN(Cc3nc4ccccc4[nH]3)Cc3nc4ccccc4[nH]3)nc2c1. The predicted octanol–water partition coefficient (Wildman–Crippen LogP) is 4.52. The number of para-hydroxylation sites is 6. The number of nitrogens with one attached hydrogen (secondary N) is 3. The molecule has 0 amide bonds. The highest BCUT2D eigenvalue weighted by Gasteiger charge is 2.15. The van der Waals surface area contributed by atoms with Crippen molar-refractivity contribution in [2.24, 2.45) is 0 Å². The van der Waals surface area contributed by atoms with Gasteiger partial charge >= 0.3 is 0 Å². The molecule has 0 atom stereocenters. The summed E-state index contributed by atoms with van der Waals surface area (Å²) in [6.07, 6.45) is 0. The fraction of sp³-hybridized carbons (Fsp3) is 0.125. The first-order valence-corrected chi connectivity index (χ1v) is 10.3. The highest BCUT2D eigenvalue weighted by molar-refractivity contribution is 5.76. The molecule has 6 aromatic rings. The second-order valence-corrected chi connectivity index (χ2v) is 7.75. The van der Waals surface area contributed by atoms with Gasteiger partial charge in [-0.05, 0) is 36.4 Å². The standard InChI is InChI=1S/C24H21N7/c1-2-8-17-16(7-1)25-22(26-17)13-31(14-23-27-18-9-3-4-10-19(18)28-23)15-24-29-20-11-5-6-12-21(20)30-24/h1-12H,13-15H2,(H,25,26)(H,27,28)(H,29,30). The normalized spacial score (nSPS) is 11.9. The summed E-state index contributed by atoms with van der Waals surface area (Å²) in [6, 6.07) is 24.3. The summed E-state index contributed by atoms with van der Waals surface area (Å²) in [5.74, 6) is 2.77. The van der Waals surface area contributed by atoms with Gasteiger partial charge in [-0.2, -0.15) is 0 Å². The van der Waals surface area contributed by atoms with Crippen molar-refractivity contribution in [1.82, 2.24) is 34.8 Å². The Bertz CT molecular complexity index is 1210. The molecule has 0 spiro atoms. The van der Waals surface area contributed by atoms with Gasteiger partial charge < -0.3 is 15.0 Å². The van der Waals surface area contributed by atoms with Gasteiger partial charge in [0.1, 0.15) is 17.5 Å². The number of aromatic amines is 3. The summed E-state index contributed by atoms with van der Waals surface area (Å²) in [5.41, 5.74) is 6.07. The molecule has 6 rings (SSSR count). The summed E-state index contributed by atoms with van der Waals surface area (Å²) in [4.78, 5) is 26.9. The monoisotopic (exact) mass is 407 g/mol. The third-order valence-corrected chi connectivity index (χ3v) is 5.44. The number of H-pyrrole nitrogens is 3. The Morgan fingerprint density at radius 1 is 0.484 bits per heavy atom. The van der Waals surface area contributed by atoms with Crippen LogP contribution in [-0.2, 0) is 19.6 Å². The molecule has 0 fully saturated rings. The molecule has 0 aliphatic heterocycles. The highest BCUT2D eigenvalue weighted by Crippen LogP contribution is 2.18. The Morgan fingerprint density at radius 3 is 1.13 bits per heavy atom. The van der Waals surface area contributed by atoms with Crippen molar-refractivity contribution in [3.63, 3.8) is 0 Å². The van der Waals surface area contributed by atoms with Crippen molar-refractivity contribution in [2.75, 3.05) is 0 Å². The zero-order valence-electron chi connectivity index (χ0n) is 16.8. The number of nitrogens with zero attached hydrogens (tertiary/aromatic N) is 4. The number of benzene rings is 3. The Hall–Kier alpha value is -3.97. The maximum atomic E-state index is 4.76. The smallest absolute Gasteiger partial charge is 0.121 e. The van der Waals surface area contributed by atoms with E-state index in [2.05, 4.69) is 38.1 Å². The van der Waals surface area contributed by atoms with Crippen LogP contribution >= 0.6 is 0 Å². The van der Waals surface area contributed by atoms with E-state index in [1.54, 1.807) is 0 Å². The molecule has 3 heterocycles. The van der Waals surface area contributed by atoms with E-state index in [9.17, 15) is 0 Å². The lowest BCUT2D eigenvalue weighted by Gasteiger charge is -2.18. The number of hydrogen-bond acceptors (Lipinski definition) is 4. The molecule has 3 aromatic heterocycles. The number of fused-ring (bicyclic) bond motifs is 3. The van der Waals surface area contributed by atoms with Crippen LogP contribution in [0.15, 0.2) is 72.8 Å². The third-order valence-electron chi connectivity index (χ3n) is 5.44. The molecule has 0 saturated heterocycles. The number of imidazole rings is 3. The van der Waals surface area contributed by atoms with Crippen molar-refractivity contribution >= 4 is 33.1 Å². The van der Waals surface area contributed by atoms with Gasteiger partial charge in [-0.25, -0.2) is 15.0 Å². The van der Waals surface area contributed by atoms with Crippen molar-refractivity contribution in [2.45, 2.75) is 19.6 Å². The van der Waals surface area contributed by atoms with Crippen LogP contribution in [0.1, 0.15) is 17.5 Å². The van der Waals surface area contributed by atoms with E-state index in [0.717, 1.165) is 50.6 Å². The minimum absolute atomic E-state index is 0.656. The predicted molar refractivity (Wildman–Crippen MR) is 121 cm³/mol. The van der Waals surface area contributed by atoms with Crippen LogP contribution in [0.3, 0.4) is 0 Å². The molecule has 0 radical (unpaired) electrons. The van der Waals surface area contributed by atoms with E-state index in [-0.39, 0.29) is 0 Å². The summed E-state index contributed by atoms with van der Waals surface area (Å²) >= 11 is 0. The molecule has 0 aliphatic rings. The fourth-order valence-electron chi connectivity index (χ4n) is 4.04. The van der Waals surface area contributed by atoms with Gasteiger partial charge in [-0.1, -0.05) is 36.4 Å². The minimum atomic E-state index is 0.656. The summed E-state index contributed by atoms with van der Waals surface area (Å²) in [6.45, 7) is 1.97. The van der Waals surface area contributed by atoms with Crippen LogP contribution in [0.4, 0.5) is 0 Å². The van der Waals surface area contributed by atoms with Crippen LogP contribution < -0.4 is 0 Å². The maximum Gasteiger partial charge on any atom is 0.121 e. The molecule has 7 heteroatoms. The molecule has 0 saturated carbocycles. The molecular weight excluding hydrogens is 386 g/mol. The van der Waals surface area contributed by atoms with Crippen molar-refractivity contribution in [3.05, 3.63) is 90.3 Å². The Morgan fingerprint density at radius 2 is 0.806 bits per heavy atom. The van der Waals surface area contributed by atoms with Gasteiger partial charge in [-0.15, -0.1) is 0 Å². The van der Waals surface area contributed by atoms with Gasteiger partial charge in [0.25, 0.3) is 0 Å². The van der Waals surface area contributed by atoms with Crippen molar-refractivity contribution in [3.8, 4) is 0 Å². The Balaban J connectivity index is 1.32. The minimum Gasteiger partial charge on any atom is -0.341 e. The number of rotatable bonds is 6. The average molecular weight is 407 g/mol. The van der Waals surface area contributed by atoms with Crippen LogP contribution in [0, 0.1) is 0 Å². The number of aromatic nitrogens is 6. The molecule has 0 bridgehead atoms. The molecule has 7 nitrogen and oxygen atoms in total. The second-order valence-electron chi connectivity index (χ2n) is 7.75. The van der Waals surface area contributed by atoms with Crippen LogP contribution in [-0.4, -0.2) is 34.8 Å². The van der Waals surface area contributed by atoms with Crippen molar-refractivity contribution in [1.29, 1.82) is 0 Å². The lowest BCUT2D eigenvalue weighted by Crippen LogP contribution is -2.24. The van der Waals surface area contributed by atoms with Gasteiger partial charge in [0.2, 0.25) is 0 Å². The van der Waals surface area contributed by atoms with Crippen LogP contribution in [0.5, 0.6) is 0 Å². The second kappa shape index (κ2) is 7.37. The van der Waals surface area contributed by atoms with Gasteiger partial charge in [0.15, 0.2) is 0 Å². The largest absolute Gasteiger partial charge is 0.341 e. The topological polar surface area (TPSA) is 89.3 Å². The van der Waals surface area contributed by atoms with E-state index < -0.39 is 0 Å². The molecular formula is C24H21N7. The maximum absolute atomic E-state index is 4.76. The molecule has 3 N–H and O–H groups in total. The zero-order chi connectivity index (χ0) is 20.6. The molecule has 0 unspecified atom stereocenters. The van der Waals surface area contributed by atoms with E-state index in [1.165, 1.54) is 0 Å². The third kappa shape index (κ3) is 3.55. The quantitative estimate of drug-likeness (QED) is 0.379. The van der Waals surface area contributed by atoms with E-state index in [1.807, 2.05) is 54.6 Å². The first-order chi connectivity index (χ1) is 15.3. The first-order valence-electron chi connectivity index (χ1n) is 10.3. The van der Waals surface area contributed by atoms with Crippen molar-refractivity contribution < 1.29 is 0 Å². The van der Waals surface area contributed by atoms with E-state index in [0.29, 0.717) is 19.6 Å². The summed E-state index contributed by atoms with van der Waals surface area (Å²) in [5, 5.41) is 0. The van der Waals surface area contributed by atoms with Gasteiger partial charge in [0.05, 0.1) is 52.7 Å². The number of hydrogen-bond donors (Lipinski definition) is 3. The fourth-order valence-corrected chi connectivity index (χ4v) is 4.04. The van der Waals surface area contributed by atoms with Crippen LogP contribution in [0.2, 0.25) is 0 Å². The molecule has 0 aliphatic carbocycles. The van der Waals surface area contributed by atoms with Crippen LogP contribution in [0.25, 0.3) is 33.1 Å². The Kier molecular flexibility index (Phi) is 4.25. The lowest BCUT2D eigenvalue weighted by molar-refractivity contribution is 0.232. The first kappa shape index (κ1) is 17.9. The zero-order valence-corrected chi connectivity index (χ0v) is 16.8. The summed E-state index contributed by atoms with van der Waals surface area (Å²) < 4.78 is 0. The summed E-state index contributed by atoms with van der Waals surface area (Å²) in [7, 11) is 0. The van der Waals surface area contributed by atoms with Gasteiger partial charge in [-0.3, -0.25) is 4.90 Å². The highest BCUT2D eigenvalue weighted by atomic mass is 15.2. The molecule has 31 heavy (non-hydrogen) atoms.